The molecule has 7 heteroatoms. The van der Waals surface area contributed by atoms with Crippen molar-refractivity contribution in [2.45, 2.75) is 39.5 Å². The van der Waals surface area contributed by atoms with Crippen molar-refractivity contribution in [1.82, 2.24) is 15.5 Å². The van der Waals surface area contributed by atoms with Gasteiger partial charge in [-0.2, -0.15) is 0 Å². The molecule has 0 bridgehead atoms. The Balaban J connectivity index is 1.93. The largest absolute Gasteiger partial charge is 0.496 e. The normalized spacial score (nSPS) is 11.5. The summed E-state index contributed by atoms with van der Waals surface area (Å²) in [5.41, 5.74) is 2.76. The number of hydrogen-bond donors (Lipinski definition) is 2. The Bertz CT molecular complexity index is 913. The first-order valence-electron chi connectivity index (χ1n) is 11.7. The minimum absolute atomic E-state index is 0.150. The molecule has 0 spiro atoms. The van der Waals surface area contributed by atoms with Crippen molar-refractivity contribution in [3.8, 4) is 5.75 Å². The Kier molecular flexibility index (Phi) is 12.0. The Hall–Kier alpha value is -2.38. The molecule has 0 heterocycles. The topological polar surface area (TPSA) is 66.0 Å². The number of nitrogens with one attached hydrogen (secondary N) is 2. The third-order valence-corrected chi connectivity index (χ3v) is 6.20. The second-order valence-corrected chi connectivity index (χ2v) is 8.72. The van der Waals surface area contributed by atoms with Gasteiger partial charge in [0.2, 0.25) is 0 Å². The van der Waals surface area contributed by atoms with E-state index in [-0.39, 0.29) is 5.91 Å². The lowest BCUT2D eigenvalue weighted by atomic mass is 9.99. The second-order valence-electron chi connectivity index (χ2n) is 7.80. The van der Waals surface area contributed by atoms with Gasteiger partial charge in [0.15, 0.2) is 5.96 Å². The van der Waals surface area contributed by atoms with Gasteiger partial charge < -0.3 is 15.0 Å². The molecule has 1 amide bonds. The quantitative estimate of drug-likeness (QED) is 0.244. The second kappa shape index (κ2) is 14.7. The number of aryl methyl sites for hydroxylation is 2. The smallest absolute Gasteiger partial charge is 0.258 e. The molecule has 0 atom stereocenters. The standard InChI is InChI=1S/C26H37BrN4O2/c1-5-31(6-2)18-10-9-17-29-26(28-3)30-25(32)23-12-8-7-11-20(23)13-14-21-19-22(27)15-16-24(21)33-4/h7-8,11-12,15-16,19H,5-6,9-10,13-14,17-18H2,1-4H3,(H2,28,29,30,32). The van der Waals surface area contributed by atoms with Crippen LogP contribution in [-0.2, 0) is 12.8 Å². The predicted molar refractivity (Wildman–Crippen MR) is 140 cm³/mol. The molecule has 0 aliphatic carbocycles. The summed E-state index contributed by atoms with van der Waals surface area (Å²) in [5.74, 6) is 1.21. The molecule has 2 aromatic carbocycles. The molecule has 33 heavy (non-hydrogen) atoms. The molecule has 0 saturated heterocycles. The van der Waals surface area contributed by atoms with Crippen molar-refractivity contribution in [3.05, 3.63) is 63.6 Å². The number of hydrogen-bond acceptors (Lipinski definition) is 4. The van der Waals surface area contributed by atoms with Gasteiger partial charge in [0.1, 0.15) is 5.75 Å². The third-order valence-electron chi connectivity index (χ3n) is 5.71. The molecule has 0 unspecified atom stereocenters. The fourth-order valence-electron chi connectivity index (χ4n) is 3.73. The molecular formula is C26H37BrN4O2. The van der Waals surface area contributed by atoms with E-state index in [0.29, 0.717) is 11.5 Å². The van der Waals surface area contributed by atoms with Gasteiger partial charge >= 0.3 is 0 Å². The van der Waals surface area contributed by atoms with Crippen LogP contribution in [0, 0.1) is 0 Å². The minimum atomic E-state index is -0.150. The SMILES string of the molecule is CCN(CC)CCCCNC(=NC)NC(=O)c1ccccc1CCc1cc(Br)ccc1OC. The summed E-state index contributed by atoms with van der Waals surface area (Å²) >= 11 is 3.53. The molecule has 0 fully saturated rings. The van der Waals surface area contributed by atoms with Gasteiger partial charge in [-0.1, -0.05) is 48.0 Å². The maximum atomic E-state index is 13.0. The molecule has 0 aromatic heterocycles. The highest BCUT2D eigenvalue weighted by Crippen LogP contribution is 2.25. The van der Waals surface area contributed by atoms with Crippen LogP contribution in [0.25, 0.3) is 0 Å². The number of guanidine groups is 1. The number of methoxy groups -OCH3 is 1. The number of ether oxygens (including phenoxy) is 1. The van der Waals surface area contributed by atoms with Gasteiger partial charge in [-0.05, 0) is 80.7 Å². The van der Waals surface area contributed by atoms with E-state index >= 15 is 0 Å². The highest BCUT2D eigenvalue weighted by molar-refractivity contribution is 9.10. The van der Waals surface area contributed by atoms with E-state index in [0.717, 1.165) is 73.2 Å². The Morgan fingerprint density at radius 3 is 2.48 bits per heavy atom. The highest BCUT2D eigenvalue weighted by Gasteiger charge is 2.14. The van der Waals surface area contributed by atoms with Crippen LogP contribution in [0.15, 0.2) is 51.9 Å². The first-order valence-corrected chi connectivity index (χ1v) is 12.5. The summed E-state index contributed by atoms with van der Waals surface area (Å²) < 4.78 is 6.50. The van der Waals surface area contributed by atoms with E-state index in [1.807, 2.05) is 36.4 Å². The van der Waals surface area contributed by atoms with Crippen LogP contribution in [0.5, 0.6) is 5.75 Å². The first-order chi connectivity index (χ1) is 16.0. The summed E-state index contributed by atoms with van der Waals surface area (Å²) in [6.07, 6.45) is 3.64. The number of unbranched alkanes of at least 4 members (excludes halogenated alkanes) is 1. The molecule has 180 valence electrons. The van der Waals surface area contributed by atoms with Crippen LogP contribution in [0.2, 0.25) is 0 Å². The average molecular weight is 518 g/mol. The zero-order valence-corrected chi connectivity index (χ0v) is 21.9. The number of aliphatic imine (C=N–C) groups is 1. The Labute approximate surface area is 206 Å². The van der Waals surface area contributed by atoms with Crippen LogP contribution in [0.3, 0.4) is 0 Å². The molecule has 0 radical (unpaired) electrons. The highest BCUT2D eigenvalue weighted by atomic mass is 79.9. The lowest BCUT2D eigenvalue weighted by molar-refractivity contribution is 0.0975. The number of halogens is 1. The van der Waals surface area contributed by atoms with E-state index in [4.69, 9.17) is 4.74 Å². The Morgan fingerprint density at radius 1 is 1.06 bits per heavy atom. The molecule has 2 rings (SSSR count). The van der Waals surface area contributed by atoms with Crippen LogP contribution < -0.4 is 15.4 Å². The first kappa shape index (κ1) is 26.9. The summed E-state index contributed by atoms with van der Waals surface area (Å²) in [6.45, 7) is 8.40. The molecule has 0 saturated carbocycles. The molecule has 2 aromatic rings. The number of carbonyl (C=O) groups excluding carboxylic acids is 1. The maximum Gasteiger partial charge on any atom is 0.258 e. The fraction of sp³-hybridized carbons (Fsp3) is 0.462. The maximum absolute atomic E-state index is 13.0. The lowest BCUT2D eigenvalue weighted by Gasteiger charge is -2.18. The molecule has 6 nitrogen and oxygen atoms in total. The fourth-order valence-corrected chi connectivity index (χ4v) is 4.14. The van der Waals surface area contributed by atoms with Crippen molar-refractivity contribution >= 4 is 27.8 Å². The van der Waals surface area contributed by atoms with Gasteiger partial charge in [0.25, 0.3) is 5.91 Å². The molecule has 0 aliphatic rings. The number of benzene rings is 2. The van der Waals surface area contributed by atoms with Crippen molar-refractivity contribution in [1.29, 1.82) is 0 Å². The van der Waals surface area contributed by atoms with Crippen molar-refractivity contribution in [3.63, 3.8) is 0 Å². The summed E-state index contributed by atoms with van der Waals surface area (Å²) in [6, 6.07) is 13.7. The van der Waals surface area contributed by atoms with Gasteiger partial charge in [-0.25, -0.2) is 0 Å². The monoisotopic (exact) mass is 516 g/mol. The van der Waals surface area contributed by atoms with Gasteiger partial charge in [-0.3, -0.25) is 15.1 Å². The summed E-state index contributed by atoms with van der Waals surface area (Å²) in [5, 5.41) is 6.19. The predicted octanol–water partition coefficient (Wildman–Crippen LogP) is 4.67. The van der Waals surface area contributed by atoms with E-state index in [1.165, 1.54) is 0 Å². The number of nitrogens with zero attached hydrogens (tertiary/aromatic N) is 2. The zero-order valence-electron chi connectivity index (χ0n) is 20.3. The molecular weight excluding hydrogens is 480 g/mol. The number of carbonyl (C=O) groups is 1. The van der Waals surface area contributed by atoms with Crippen LogP contribution >= 0.6 is 15.9 Å². The van der Waals surface area contributed by atoms with Crippen molar-refractivity contribution < 1.29 is 9.53 Å². The van der Waals surface area contributed by atoms with Crippen LogP contribution in [0.4, 0.5) is 0 Å². The molecule has 2 N–H and O–H groups in total. The van der Waals surface area contributed by atoms with Gasteiger partial charge in [0, 0.05) is 23.6 Å². The summed E-state index contributed by atoms with van der Waals surface area (Å²) in [7, 11) is 3.36. The van der Waals surface area contributed by atoms with Gasteiger partial charge in [0.05, 0.1) is 7.11 Å². The zero-order chi connectivity index (χ0) is 24.1. The van der Waals surface area contributed by atoms with Crippen molar-refractivity contribution in [2.75, 3.05) is 40.3 Å². The average Bonchev–Trinajstić information content (AvgIpc) is 2.84. The number of amides is 1. The van der Waals surface area contributed by atoms with Crippen LogP contribution in [-0.4, -0.2) is 57.1 Å². The third kappa shape index (κ3) is 8.82. The number of rotatable bonds is 12. The van der Waals surface area contributed by atoms with E-state index in [1.54, 1.807) is 14.2 Å². The summed E-state index contributed by atoms with van der Waals surface area (Å²) in [4.78, 5) is 19.6. The van der Waals surface area contributed by atoms with Crippen molar-refractivity contribution in [2.24, 2.45) is 4.99 Å². The van der Waals surface area contributed by atoms with E-state index in [9.17, 15) is 4.79 Å². The Morgan fingerprint density at radius 2 is 1.79 bits per heavy atom. The molecule has 0 aliphatic heterocycles. The van der Waals surface area contributed by atoms with Crippen LogP contribution in [0.1, 0.15) is 48.2 Å². The minimum Gasteiger partial charge on any atom is -0.496 e. The lowest BCUT2D eigenvalue weighted by Crippen LogP contribution is -2.41. The van der Waals surface area contributed by atoms with Gasteiger partial charge in [-0.15, -0.1) is 0 Å². The van der Waals surface area contributed by atoms with E-state index < -0.39 is 0 Å². The van der Waals surface area contributed by atoms with E-state index in [2.05, 4.69) is 56.4 Å².